The Kier molecular flexibility index (Phi) is 11.2. The molecule has 0 aromatic rings. The molecule has 0 radical (unpaired) electrons. The number of rotatable bonds is 0. The van der Waals surface area contributed by atoms with E-state index in [1.54, 1.807) is 0 Å². The molecule has 0 fully saturated rings. The highest BCUT2D eigenvalue weighted by Gasteiger charge is 2.18. The highest BCUT2D eigenvalue weighted by molar-refractivity contribution is 4.81. The third-order valence-electron chi connectivity index (χ3n) is 1.50. The summed E-state index contributed by atoms with van der Waals surface area (Å²) in [5.74, 6) is 0. The number of nitrogens with one attached hydrogen (secondary N) is 2. The predicted molar refractivity (Wildman–Crippen MR) is 90.5 cm³/mol. The molecule has 0 unspecified atom stereocenters. The lowest BCUT2D eigenvalue weighted by Crippen LogP contribution is -2.48. The van der Waals surface area contributed by atoms with Crippen molar-refractivity contribution in [2.45, 2.75) is 105 Å². The van der Waals surface area contributed by atoms with Crippen LogP contribution in [0.4, 0.5) is 0 Å². The molecule has 0 heterocycles. The predicted octanol–water partition coefficient (Wildman–Crippen LogP) is 4.36. The van der Waals surface area contributed by atoms with Crippen molar-refractivity contribution < 1.29 is 10.5 Å². The first kappa shape index (κ1) is 24.8. The lowest BCUT2D eigenvalue weighted by Gasteiger charge is -2.31. The molecule has 0 atom stereocenters. The van der Waals surface area contributed by atoms with E-state index in [0.29, 0.717) is 0 Å². The highest BCUT2D eigenvalue weighted by atomic mass is 17.0. The summed E-state index contributed by atoms with van der Waals surface area (Å²) in [4.78, 5) is 0. The van der Waals surface area contributed by atoms with Gasteiger partial charge in [0.1, 0.15) is 0 Å². The minimum Gasteiger partial charge on any atom is -0.307 e. The van der Waals surface area contributed by atoms with E-state index in [2.05, 4.69) is 93.7 Å². The number of hydrogen-bond acceptors (Lipinski definition) is 4. The van der Waals surface area contributed by atoms with Crippen LogP contribution in [-0.2, 0) is 0 Å². The van der Waals surface area contributed by atoms with E-state index < -0.39 is 0 Å². The van der Waals surface area contributed by atoms with Crippen molar-refractivity contribution in [1.82, 2.24) is 10.6 Å². The van der Waals surface area contributed by atoms with Crippen molar-refractivity contribution in [3.63, 3.8) is 0 Å². The van der Waals surface area contributed by atoms with E-state index in [-0.39, 0.29) is 22.2 Å². The molecule has 0 spiro atoms. The lowest BCUT2D eigenvalue weighted by molar-refractivity contribution is -0.176. The third-order valence-corrected chi connectivity index (χ3v) is 1.50. The molecular weight excluding hydrogens is 252 g/mol. The quantitative estimate of drug-likeness (QED) is 0.395. The molecular formula is C16H40N2O2. The molecule has 4 nitrogen and oxygen atoms in total. The minimum absolute atomic E-state index is 0.234. The Bertz CT molecular complexity index is 175. The van der Waals surface area contributed by atoms with Gasteiger partial charge in [0.2, 0.25) is 0 Å². The second kappa shape index (κ2) is 8.98. The Labute approximate surface area is 127 Å². The first-order valence-electron chi connectivity index (χ1n) is 7.20. The maximum atomic E-state index is 6.00. The zero-order chi connectivity index (χ0) is 17.4. The molecule has 0 rings (SSSR count). The van der Waals surface area contributed by atoms with Gasteiger partial charge in [0.05, 0.1) is 0 Å². The van der Waals surface area contributed by atoms with Gasteiger partial charge in [0, 0.05) is 22.2 Å². The van der Waals surface area contributed by atoms with E-state index in [1.807, 2.05) is 0 Å². The van der Waals surface area contributed by atoms with Crippen LogP contribution < -0.4 is 10.6 Å². The first-order valence-corrected chi connectivity index (χ1v) is 7.20. The fourth-order valence-electron chi connectivity index (χ4n) is 2.25. The van der Waals surface area contributed by atoms with Crippen molar-refractivity contribution in [1.29, 1.82) is 0 Å². The molecule has 0 aliphatic carbocycles. The fourth-order valence-corrected chi connectivity index (χ4v) is 2.25. The summed E-state index contributed by atoms with van der Waals surface area (Å²) in [5, 5.41) is 18.9. The van der Waals surface area contributed by atoms with Crippen molar-refractivity contribution in [3.05, 3.63) is 0 Å². The Morgan fingerprint density at radius 3 is 0.500 bits per heavy atom. The molecule has 126 valence electrons. The van der Waals surface area contributed by atoms with Crippen LogP contribution in [0.25, 0.3) is 0 Å². The van der Waals surface area contributed by atoms with Gasteiger partial charge in [-0.25, -0.2) is 0 Å². The monoisotopic (exact) mass is 292 g/mol. The Hall–Kier alpha value is -0.160. The van der Waals surface area contributed by atoms with Gasteiger partial charge in [-0.1, -0.05) is 0 Å². The van der Waals surface area contributed by atoms with Gasteiger partial charge < -0.3 is 10.6 Å². The van der Waals surface area contributed by atoms with Crippen LogP contribution in [0.3, 0.4) is 0 Å². The second-order valence-electron chi connectivity index (χ2n) is 9.25. The topological polar surface area (TPSA) is 64.5 Å². The molecule has 4 N–H and O–H groups in total. The maximum absolute atomic E-state index is 6.00. The normalized spacial score (nSPS) is 12.9. The zero-order valence-corrected chi connectivity index (χ0v) is 15.9. The fraction of sp³-hybridized carbons (Fsp3) is 1.00. The smallest absolute Gasteiger partial charge is 0.0101 e. The van der Waals surface area contributed by atoms with Crippen molar-refractivity contribution >= 4 is 0 Å². The Morgan fingerprint density at radius 2 is 0.500 bits per heavy atom. The van der Waals surface area contributed by atoms with E-state index >= 15 is 0 Å². The van der Waals surface area contributed by atoms with Crippen LogP contribution in [0.5, 0.6) is 0 Å². The van der Waals surface area contributed by atoms with E-state index in [0.717, 1.165) is 0 Å². The molecule has 0 amide bonds. The van der Waals surface area contributed by atoms with Gasteiger partial charge in [0.25, 0.3) is 0 Å². The average molecular weight is 293 g/mol. The summed E-state index contributed by atoms with van der Waals surface area (Å²) < 4.78 is 0. The zero-order valence-electron chi connectivity index (χ0n) is 15.9. The van der Waals surface area contributed by atoms with Crippen LogP contribution in [-0.4, -0.2) is 32.7 Å². The molecule has 0 aromatic heterocycles. The molecule has 0 saturated carbocycles. The maximum Gasteiger partial charge on any atom is 0.0101 e. The van der Waals surface area contributed by atoms with Crippen molar-refractivity contribution in [2.75, 3.05) is 0 Å². The summed E-state index contributed by atoms with van der Waals surface area (Å²) in [6.07, 6.45) is 0. The van der Waals surface area contributed by atoms with Crippen molar-refractivity contribution in [2.24, 2.45) is 0 Å². The van der Waals surface area contributed by atoms with Gasteiger partial charge in [-0.05, 0) is 83.1 Å². The number of hydrogen-bond donors (Lipinski definition) is 4. The first-order chi connectivity index (χ1) is 8.41. The minimum atomic E-state index is 0.234. The van der Waals surface area contributed by atoms with Crippen LogP contribution in [0.1, 0.15) is 83.1 Å². The van der Waals surface area contributed by atoms with Gasteiger partial charge in [-0.3, -0.25) is 10.5 Å². The molecule has 0 aliphatic rings. The van der Waals surface area contributed by atoms with Crippen LogP contribution in [0.15, 0.2) is 0 Å². The molecule has 0 aliphatic heterocycles. The molecule has 4 heteroatoms. The molecule has 0 saturated heterocycles. The average Bonchev–Trinajstić information content (AvgIpc) is 1.93. The van der Waals surface area contributed by atoms with Crippen LogP contribution in [0, 0.1) is 0 Å². The summed E-state index contributed by atoms with van der Waals surface area (Å²) in [6.45, 7) is 26.1. The lowest BCUT2D eigenvalue weighted by atomic mass is 10.0. The Morgan fingerprint density at radius 1 is 0.400 bits per heavy atom. The van der Waals surface area contributed by atoms with Crippen LogP contribution in [0.2, 0.25) is 0 Å². The van der Waals surface area contributed by atoms with E-state index in [4.69, 9.17) is 10.5 Å². The molecule has 0 aromatic carbocycles. The molecule has 0 bridgehead atoms. The van der Waals surface area contributed by atoms with Crippen molar-refractivity contribution in [3.8, 4) is 0 Å². The third kappa shape index (κ3) is 36.1. The largest absolute Gasteiger partial charge is 0.307 e. The Balaban J connectivity index is -0.000000257. The summed E-state index contributed by atoms with van der Waals surface area (Å²) in [5.41, 5.74) is 0.938. The molecule has 20 heavy (non-hydrogen) atoms. The summed E-state index contributed by atoms with van der Waals surface area (Å²) in [7, 11) is 0. The highest BCUT2D eigenvalue weighted by Crippen LogP contribution is 2.08. The standard InChI is InChI=1S/2C8H19N.H2O2/c2*1-7(2,3)9-8(4,5)6;1-2/h2*9H,1-6H3;1-2H. The van der Waals surface area contributed by atoms with Gasteiger partial charge >= 0.3 is 0 Å². The van der Waals surface area contributed by atoms with Gasteiger partial charge in [-0.2, -0.15) is 0 Å². The summed E-state index contributed by atoms with van der Waals surface area (Å²) in [6, 6.07) is 0. The van der Waals surface area contributed by atoms with E-state index in [1.165, 1.54) is 0 Å². The van der Waals surface area contributed by atoms with Crippen LogP contribution >= 0.6 is 0 Å². The second-order valence-corrected chi connectivity index (χ2v) is 9.25. The van der Waals surface area contributed by atoms with E-state index in [9.17, 15) is 0 Å². The summed E-state index contributed by atoms with van der Waals surface area (Å²) >= 11 is 0. The van der Waals surface area contributed by atoms with Gasteiger partial charge in [0.15, 0.2) is 0 Å². The SMILES string of the molecule is CC(C)(C)NC(C)(C)C.CC(C)(C)NC(C)(C)C.OO. The van der Waals surface area contributed by atoms with Gasteiger partial charge in [-0.15, -0.1) is 0 Å².